The molecule has 0 unspecified atom stereocenters. The van der Waals surface area contributed by atoms with Gasteiger partial charge >= 0.3 is 0 Å². The van der Waals surface area contributed by atoms with Crippen molar-refractivity contribution in [2.24, 2.45) is 15.4 Å². The van der Waals surface area contributed by atoms with Crippen LogP contribution in [0.5, 0.6) is 5.88 Å². The summed E-state index contributed by atoms with van der Waals surface area (Å²) in [6.45, 7) is 0.355. The first kappa shape index (κ1) is 25.0. The average Bonchev–Trinajstić information content (AvgIpc) is 3.16. The number of fused-ring (bicyclic) bond motifs is 2. The number of azo groups is 1. The Morgan fingerprint density at radius 3 is 2.58 bits per heavy atom. The number of aromatic hydroxyl groups is 1. The molecule has 9 nitrogen and oxygen atoms in total. The second kappa shape index (κ2) is 10.0. The summed E-state index contributed by atoms with van der Waals surface area (Å²) in [5, 5.41) is 39.5. The van der Waals surface area contributed by atoms with Crippen molar-refractivity contribution in [2.45, 2.75) is 11.4 Å². The number of hydrogen-bond acceptors (Lipinski definition) is 6. The summed E-state index contributed by atoms with van der Waals surface area (Å²) >= 11 is 5.26. The second-order valence-corrected chi connectivity index (χ2v) is 10.4. The number of sulfonamides is 1. The molecule has 0 saturated heterocycles. The summed E-state index contributed by atoms with van der Waals surface area (Å²) in [5.41, 5.74) is 2.57. The molecule has 0 bridgehead atoms. The molecule has 4 aromatic carbocycles. The first-order valence-electron chi connectivity index (χ1n) is 11.3. The summed E-state index contributed by atoms with van der Waals surface area (Å²) in [4.78, 5) is -0.0829. The highest BCUT2D eigenvalue weighted by Crippen LogP contribution is 2.40. The number of nitrogens with two attached hydrogens (primary N) is 1. The zero-order chi connectivity index (χ0) is 26.9. The van der Waals surface area contributed by atoms with E-state index in [1.54, 1.807) is 28.8 Å². The van der Waals surface area contributed by atoms with Crippen LogP contribution in [0, 0.1) is 11.3 Å². The van der Waals surface area contributed by atoms with E-state index in [9.17, 15) is 18.8 Å². The number of nitriles is 1. The lowest BCUT2D eigenvalue weighted by Gasteiger charge is -2.10. The molecule has 0 amide bonds. The number of nitrogens with zero attached hydrogens (tertiary/aromatic N) is 4. The Morgan fingerprint density at radius 2 is 1.79 bits per heavy atom. The molecular formula is C27H20N6O3S2. The van der Waals surface area contributed by atoms with Gasteiger partial charge in [0.05, 0.1) is 28.6 Å². The lowest BCUT2D eigenvalue weighted by Crippen LogP contribution is -2.13. The van der Waals surface area contributed by atoms with Gasteiger partial charge in [0.15, 0.2) is 5.69 Å². The molecule has 0 radical (unpaired) electrons. The number of aromatic nitrogens is 1. The maximum absolute atomic E-state index is 11.6. The van der Waals surface area contributed by atoms with Crippen LogP contribution in [-0.4, -0.2) is 23.2 Å². The third-order valence-corrected chi connectivity index (χ3v) is 7.10. The van der Waals surface area contributed by atoms with Crippen molar-refractivity contribution < 1.29 is 13.5 Å². The molecule has 0 atom stereocenters. The van der Waals surface area contributed by atoms with Crippen molar-refractivity contribution in [1.29, 1.82) is 5.26 Å². The molecule has 1 heterocycles. The van der Waals surface area contributed by atoms with Gasteiger partial charge in [0.1, 0.15) is 0 Å². The molecule has 0 aliphatic heterocycles. The van der Waals surface area contributed by atoms with Gasteiger partial charge in [-0.2, -0.15) is 5.26 Å². The number of primary sulfonamides is 1. The Kier molecular flexibility index (Phi) is 6.61. The molecule has 1 aromatic heterocycles. The van der Waals surface area contributed by atoms with Crippen LogP contribution < -0.4 is 10.5 Å². The molecule has 0 saturated carbocycles. The Bertz CT molecular complexity index is 1900. The summed E-state index contributed by atoms with van der Waals surface area (Å²) in [6, 6.07) is 26.9. The van der Waals surface area contributed by atoms with Crippen molar-refractivity contribution in [3.8, 4) is 11.9 Å². The van der Waals surface area contributed by atoms with Gasteiger partial charge in [-0.25, -0.2) is 13.6 Å². The van der Waals surface area contributed by atoms with Gasteiger partial charge in [0, 0.05) is 11.1 Å². The van der Waals surface area contributed by atoms with Crippen LogP contribution >= 0.6 is 12.2 Å². The van der Waals surface area contributed by atoms with E-state index in [1.165, 1.54) is 18.2 Å². The summed E-state index contributed by atoms with van der Waals surface area (Å²) < 4.78 is 25.0. The number of nitrogens with one attached hydrogen (secondary N) is 1. The highest BCUT2D eigenvalue weighted by atomic mass is 32.2. The van der Waals surface area contributed by atoms with Crippen molar-refractivity contribution >= 4 is 60.4 Å². The Balaban J connectivity index is 1.52. The molecule has 38 heavy (non-hydrogen) atoms. The van der Waals surface area contributed by atoms with Crippen molar-refractivity contribution in [1.82, 2.24) is 4.57 Å². The fourth-order valence-corrected chi connectivity index (χ4v) is 4.97. The van der Waals surface area contributed by atoms with Gasteiger partial charge in [-0.1, -0.05) is 48.5 Å². The zero-order valence-corrected chi connectivity index (χ0v) is 21.4. The van der Waals surface area contributed by atoms with Crippen molar-refractivity contribution in [2.75, 3.05) is 5.32 Å². The molecule has 4 N–H and O–H groups in total. The number of thiocarbonyl (C=S) groups is 1. The zero-order valence-electron chi connectivity index (χ0n) is 19.7. The standard InChI is InChI=1S/C27H20N6O3S2/c28-15-17-11-12-24-23(13-17)25(31-32-27(37)30-20-8-4-9-21(14-20)38(29,35)36)26(34)33(24)16-19-7-3-6-18-5-1-2-10-22(18)19/h1-14,34H,16H2,(H,30,37)(H2,29,35,36). The fraction of sp³-hybridized carbons (Fsp3) is 0.0370. The van der Waals surface area contributed by atoms with Crippen molar-refractivity contribution in [3.63, 3.8) is 0 Å². The van der Waals surface area contributed by atoms with Gasteiger partial charge in [0.25, 0.3) is 0 Å². The quantitative estimate of drug-likeness (QED) is 0.197. The molecule has 5 rings (SSSR count). The maximum atomic E-state index is 11.6. The van der Waals surface area contributed by atoms with Crippen LogP contribution in [0.1, 0.15) is 11.1 Å². The van der Waals surface area contributed by atoms with Crippen LogP contribution in [0.25, 0.3) is 21.7 Å². The molecule has 0 aliphatic rings. The first-order chi connectivity index (χ1) is 18.2. The predicted molar refractivity (Wildman–Crippen MR) is 150 cm³/mol. The van der Waals surface area contributed by atoms with E-state index in [-0.39, 0.29) is 21.6 Å². The number of benzene rings is 4. The van der Waals surface area contributed by atoms with Crippen LogP contribution in [0.2, 0.25) is 0 Å². The fourth-order valence-electron chi connectivity index (χ4n) is 4.25. The Labute approximate surface area is 223 Å². The summed E-state index contributed by atoms with van der Waals surface area (Å²) in [6.07, 6.45) is 0. The maximum Gasteiger partial charge on any atom is 0.238 e. The van der Waals surface area contributed by atoms with E-state index in [1.807, 2.05) is 42.5 Å². The van der Waals surface area contributed by atoms with Gasteiger partial charge in [-0.05, 0) is 65.0 Å². The van der Waals surface area contributed by atoms with E-state index in [0.717, 1.165) is 16.3 Å². The van der Waals surface area contributed by atoms with Crippen LogP contribution in [-0.2, 0) is 16.6 Å². The average molecular weight is 541 g/mol. The van der Waals surface area contributed by atoms with Crippen LogP contribution in [0.3, 0.4) is 0 Å². The number of hydrogen-bond donors (Lipinski definition) is 3. The lowest BCUT2D eigenvalue weighted by molar-refractivity contribution is 0.430. The van der Waals surface area contributed by atoms with Crippen LogP contribution in [0.4, 0.5) is 11.4 Å². The largest absolute Gasteiger partial charge is 0.493 e. The molecule has 0 aliphatic carbocycles. The van der Waals surface area contributed by atoms with Crippen molar-refractivity contribution in [3.05, 3.63) is 96.1 Å². The summed E-state index contributed by atoms with van der Waals surface area (Å²) in [5.74, 6) is -0.134. The Hall–Kier alpha value is -4.63. The lowest BCUT2D eigenvalue weighted by atomic mass is 10.0. The van der Waals surface area contributed by atoms with Crippen LogP contribution in [0.15, 0.2) is 100 Å². The number of rotatable bonds is 5. The molecule has 0 fully saturated rings. The van der Waals surface area contributed by atoms with Gasteiger partial charge in [-0.15, -0.1) is 10.2 Å². The van der Waals surface area contributed by atoms with E-state index in [4.69, 9.17) is 17.4 Å². The monoisotopic (exact) mass is 540 g/mol. The third kappa shape index (κ3) is 4.96. The minimum atomic E-state index is -3.89. The third-order valence-electron chi connectivity index (χ3n) is 6.00. The van der Waals surface area contributed by atoms with E-state index >= 15 is 0 Å². The topological polar surface area (TPSA) is 146 Å². The van der Waals surface area contributed by atoms with E-state index in [0.29, 0.717) is 28.7 Å². The SMILES string of the molecule is N#Cc1ccc2c(c1)c(N=NC(=S)Nc1cccc(S(N)(=O)=O)c1)c(O)n2Cc1cccc2ccccc12. The summed E-state index contributed by atoms with van der Waals surface area (Å²) in [7, 11) is -3.89. The van der Waals surface area contributed by atoms with E-state index < -0.39 is 10.0 Å². The highest BCUT2D eigenvalue weighted by molar-refractivity contribution is 7.89. The number of anilines is 1. The van der Waals surface area contributed by atoms with E-state index in [2.05, 4.69) is 21.6 Å². The first-order valence-corrected chi connectivity index (χ1v) is 13.3. The highest BCUT2D eigenvalue weighted by Gasteiger charge is 2.18. The van der Waals surface area contributed by atoms with Gasteiger partial charge in [0.2, 0.25) is 21.0 Å². The Morgan fingerprint density at radius 1 is 1.03 bits per heavy atom. The smallest absolute Gasteiger partial charge is 0.238 e. The minimum absolute atomic E-state index is 0.0673. The van der Waals surface area contributed by atoms with Gasteiger partial charge < -0.3 is 15.0 Å². The normalized spacial score (nSPS) is 11.7. The molecule has 11 heteroatoms. The predicted octanol–water partition coefficient (Wildman–Crippen LogP) is 5.55. The molecule has 5 aromatic rings. The minimum Gasteiger partial charge on any atom is -0.493 e. The van der Waals surface area contributed by atoms with Gasteiger partial charge in [-0.3, -0.25) is 0 Å². The second-order valence-electron chi connectivity index (χ2n) is 8.44. The molecule has 188 valence electrons. The molecular weight excluding hydrogens is 520 g/mol. The molecule has 0 spiro atoms.